The van der Waals surface area contributed by atoms with E-state index in [1.165, 1.54) is 4.90 Å². The number of nitrogens with zero attached hydrogens (tertiary/aromatic N) is 5. The zero-order valence-corrected chi connectivity index (χ0v) is 18.4. The summed E-state index contributed by atoms with van der Waals surface area (Å²) in [5, 5.41) is 21.0. The van der Waals surface area contributed by atoms with Crippen LogP contribution in [0.25, 0.3) is 33.4 Å². The van der Waals surface area contributed by atoms with Gasteiger partial charge in [0.15, 0.2) is 0 Å². The molecular formula is C23H17ClN6O3. The molecule has 1 saturated heterocycles. The van der Waals surface area contributed by atoms with Gasteiger partial charge in [0.25, 0.3) is 0 Å². The third-order valence-corrected chi connectivity index (χ3v) is 6.09. The minimum Gasteiger partial charge on any atom is -0.508 e. The van der Waals surface area contributed by atoms with E-state index >= 15 is 0 Å². The Kier molecular flexibility index (Phi) is 4.87. The van der Waals surface area contributed by atoms with Gasteiger partial charge in [-0.1, -0.05) is 17.7 Å². The fourth-order valence-corrected chi connectivity index (χ4v) is 4.38. The van der Waals surface area contributed by atoms with Gasteiger partial charge in [-0.2, -0.15) is 5.26 Å². The van der Waals surface area contributed by atoms with E-state index < -0.39 is 6.09 Å². The van der Waals surface area contributed by atoms with Crippen LogP contribution in [0, 0.1) is 25.2 Å². The molecule has 0 radical (unpaired) electrons. The van der Waals surface area contributed by atoms with Crippen molar-refractivity contribution < 1.29 is 14.6 Å². The number of aromatic amines is 1. The Bertz CT molecular complexity index is 1470. The highest BCUT2D eigenvalue weighted by Crippen LogP contribution is 2.41. The van der Waals surface area contributed by atoms with Gasteiger partial charge < -0.3 is 14.8 Å². The zero-order valence-electron chi connectivity index (χ0n) is 17.7. The number of nitrogens with one attached hydrogen (secondary N) is 1. The molecule has 33 heavy (non-hydrogen) atoms. The molecular weight excluding hydrogens is 444 g/mol. The van der Waals surface area contributed by atoms with E-state index in [1.54, 1.807) is 37.6 Å². The molecule has 3 aromatic heterocycles. The summed E-state index contributed by atoms with van der Waals surface area (Å²) in [6.45, 7) is 4.38. The maximum atomic E-state index is 11.7. The second-order valence-electron chi connectivity index (χ2n) is 7.64. The largest absolute Gasteiger partial charge is 0.508 e. The molecule has 1 fully saturated rings. The van der Waals surface area contributed by atoms with Gasteiger partial charge in [-0.05, 0) is 36.6 Å². The summed E-state index contributed by atoms with van der Waals surface area (Å²) in [6.07, 6.45) is 4.20. The minimum atomic E-state index is -0.487. The molecule has 0 unspecified atom stereocenters. The number of anilines is 1. The molecule has 4 aromatic rings. The van der Waals surface area contributed by atoms with E-state index in [0.717, 1.165) is 11.1 Å². The van der Waals surface area contributed by atoms with Crippen molar-refractivity contribution in [1.29, 1.82) is 5.26 Å². The van der Waals surface area contributed by atoms with Crippen molar-refractivity contribution in [3.05, 3.63) is 52.4 Å². The first-order valence-corrected chi connectivity index (χ1v) is 10.4. The smallest absolute Gasteiger partial charge is 0.416 e. The lowest BCUT2D eigenvalue weighted by Crippen LogP contribution is -2.25. The summed E-state index contributed by atoms with van der Waals surface area (Å²) in [4.78, 5) is 29.2. The molecule has 0 aliphatic carbocycles. The Morgan fingerprint density at radius 3 is 2.64 bits per heavy atom. The summed E-state index contributed by atoms with van der Waals surface area (Å²) in [6, 6.07) is 5.67. The average Bonchev–Trinajstić information content (AvgIpc) is 3.40. The van der Waals surface area contributed by atoms with Gasteiger partial charge in [-0.25, -0.2) is 24.6 Å². The predicted octanol–water partition coefficient (Wildman–Crippen LogP) is 4.49. The number of benzene rings is 1. The molecule has 5 rings (SSSR count). The second-order valence-corrected chi connectivity index (χ2v) is 8.01. The van der Waals surface area contributed by atoms with Crippen molar-refractivity contribution in [3.63, 3.8) is 0 Å². The monoisotopic (exact) mass is 460 g/mol. The van der Waals surface area contributed by atoms with Crippen molar-refractivity contribution in [1.82, 2.24) is 19.9 Å². The lowest BCUT2D eigenvalue weighted by molar-refractivity contribution is 0.181. The van der Waals surface area contributed by atoms with Crippen LogP contribution in [0.15, 0.2) is 30.7 Å². The number of nitriles is 1. The molecule has 0 spiro atoms. The molecule has 0 saturated carbocycles. The van der Waals surface area contributed by atoms with Crippen LogP contribution in [0.2, 0.25) is 5.02 Å². The summed E-state index contributed by atoms with van der Waals surface area (Å²) in [7, 11) is 0. The van der Waals surface area contributed by atoms with Gasteiger partial charge in [-0.3, -0.25) is 0 Å². The maximum absolute atomic E-state index is 11.7. The van der Waals surface area contributed by atoms with Gasteiger partial charge in [-0.15, -0.1) is 0 Å². The number of ether oxygens (including phenoxy) is 1. The van der Waals surface area contributed by atoms with Crippen LogP contribution in [-0.4, -0.2) is 44.3 Å². The summed E-state index contributed by atoms with van der Waals surface area (Å²) < 4.78 is 4.92. The number of aromatic nitrogens is 4. The zero-order chi connectivity index (χ0) is 23.3. The number of hydrogen-bond donors (Lipinski definition) is 2. The highest BCUT2D eigenvalue weighted by atomic mass is 35.5. The number of aromatic hydroxyl groups is 1. The van der Waals surface area contributed by atoms with E-state index in [0.29, 0.717) is 57.2 Å². The van der Waals surface area contributed by atoms with E-state index in [1.807, 2.05) is 6.92 Å². The van der Waals surface area contributed by atoms with Crippen molar-refractivity contribution in [2.24, 2.45) is 0 Å². The first-order valence-electron chi connectivity index (χ1n) is 10.1. The Hall–Kier alpha value is -4.16. The first kappa shape index (κ1) is 20.7. The Balaban J connectivity index is 1.64. The number of phenolic OH excluding ortho intramolecular Hbond substituents is 1. The summed E-state index contributed by atoms with van der Waals surface area (Å²) in [5.41, 5.74) is 4.76. The van der Waals surface area contributed by atoms with Gasteiger partial charge in [0.05, 0.1) is 28.2 Å². The first-order chi connectivity index (χ1) is 15.9. The molecule has 0 atom stereocenters. The molecule has 2 N–H and O–H groups in total. The van der Waals surface area contributed by atoms with Crippen LogP contribution >= 0.6 is 11.6 Å². The number of hydrogen-bond acceptors (Lipinski definition) is 7. The Morgan fingerprint density at radius 1 is 1.21 bits per heavy atom. The van der Waals surface area contributed by atoms with E-state index in [9.17, 15) is 15.2 Å². The number of amides is 1. The highest BCUT2D eigenvalue weighted by Gasteiger charge is 2.26. The number of fused-ring (bicyclic) bond motifs is 1. The topological polar surface area (TPSA) is 128 Å². The predicted molar refractivity (Wildman–Crippen MR) is 122 cm³/mol. The number of carbonyl (C=O) groups excluding carboxylic acids is 1. The standard InChI is InChI=1S/C23H17ClN6O3/c1-11-3-4-16(31)12(2)17(11)15-10-26-21-18(14(15)7-25)19(24)20(29-21)13-8-27-22(28-9-13)30-5-6-33-23(30)32/h3-4,8-10,31H,5-6H2,1-2H3,(H,26,29). The third-order valence-electron chi connectivity index (χ3n) is 5.72. The molecule has 1 aliphatic rings. The van der Waals surface area contributed by atoms with E-state index in [4.69, 9.17) is 16.3 Å². The average molecular weight is 461 g/mol. The minimum absolute atomic E-state index is 0.138. The van der Waals surface area contributed by atoms with Gasteiger partial charge in [0.1, 0.15) is 24.1 Å². The van der Waals surface area contributed by atoms with Gasteiger partial charge >= 0.3 is 6.09 Å². The maximum Gasteiger partial charge on any atom is 0.416 e. The fourth-order valence-electron chi connectivity index (χ4n) is 4.04. The third kappa shape index (κ3) is 3.23. The molecule has 9 nitrogen and oxygen atoms in total. The number of halogens is 1. The van der Waals surface area contributed by atoms with Crippen LogP contribution in [0.4, 0.5) is 10.7 Å². The molecule has 0 bridgehead atoms. The second kappa shape index (κ2) is 7.76. The van der Waals surface area contributed by atoms with Crippen LogP contribution in [0.5, 0.6) is 5.75 Å². The number of carbonyl (C=O) groups is 1. The van der Waals surface area contributed by atoms with E-state index in [2.05, 4.69) is 26.0 Å². The SMILES string of the molecule is Cc1ccc(O)c(C)c1-c1cnc2[nH]c(-c3cnc(N4CCOC4=O)nc3)c(Cl)c2c1C#N. The van der Waals surface area contributed by atoms with Crippen molar-refractivity contribution in [2.45, 2.75) is 13.8 Å². The Labute approximate surface area is 193 Å². The number of H-pyrrole nitrogens is 1. The number of aryl methyl sites for hydroxylation is 1. The molecule has 4 heterocycles. The van der Waals surface area contributed by atoms with Crippen LogP contribution < -0.4 is 4.90 Å². The quantitative estimate of drug-likeness (QED) is 0.460. The lowest BCUT2D eigenvalue weighted by atomic mass is 9.92. The number of cyclic esters (lactones) is 1. The molecule has 10 heteroatoms. The normalized spacial score (nSPS) is 13.4. The Morgan fingerprint density at radius 2 is 1.97 bits per heavy atom. The van der Waals surface area contributed by atoms with E-state index in [-0.39, 0.29) is 11.7 Å². The van der Waals surface area contributed by atoms with Crippen LogP contribution in [0.1, 0.15) is 16.7 Å². The number of phenols is 1. The molecule has 164 valence electrons. The lowest BCUT2D eigenvalue weighted by Gasteiger charge is -2.13. The number of pyridine rings is 1. The van der Waals surface area contributed by atoms with Crippen LogP contribution in [-0.2, 0) is 4.74 Å². The summed E-state index contributed by atoms with van der Waals surface area (Å²) in [5.74, 6) is 0.376. The van der Waals surface area contributed by atoms with Crippen molar-refractivity contribution in [2.75, 3.05) is 18.1 Å². The van der Waals surface area contributed by atoms with Crippen molar-refractivity contribution in [3.8, 4) is 34.2 Å². The van der Waals surface area contributed by atoms with Crippen molar-refractivity contribution >= 4 is 34.7 Å². The molecule has 1 aliphatic heterocycles. The highest BCUT2D eigenvalue weighted by molar-refractivity contribution is 6.38. The summed E-state index contributed by atoms with van der Waals surface area (Å²) >= 11 is 6.72. The van der Waals surface area contributed by atoms with Crippen LogP contribution in [0.3, 0.4) is 0 Å². The van der Waals surface area contributed by atoms with Gasteiger partial charge in [0.2, 0.25) is 5.95 Å². The fraction of sp³-hybridized carbons (Fsp3) is 0.174. The molecule has 1 aromatic carbocycles. The van der Waals surface area contributed by atoms with Gasteiger partial charge in [0, 0.05) is 29.7 Å². The molecule has 1 amide bonds. The number of rotatable bonds is 3.